The van der Waals surface area contributed by atoms with Gasteiger partial charge in [-0.3, -0.25) is 4.79 Å². The van der Waals surface area contributed by atoms with Gasteiger partial charge in [-0.25, -0.2) is 0 Å². The monoisotopic (exact) mass is 199 g/mol. The minimum atomic E-state index is -0.784. The van der Waals surface area contributed by atoms with Gasteiger partial charge >= 0.3 is 5.97 Å². The van der Waals surface area contributed by atoms with E-state index in [4.69, 9.17) is 10.8 Å². The third kappa shape index (κ3) is 4.09. The number of carboxylic acid groups (broad SMARTS) is 1. The van der Waals surface area contributed by atoms with Crippen molar-refractivity contribution in [2.45, 2.75) is 51.5 Å². The van der Waals surface area contributed by atoms with E-state index in [9.17, 15) is 4.79 Å². The summed E-state index contributed by atoms with van der Waals surface area (Å²) in [5, 5.41) is 8.56. The van der Waals surface area contributed by atoms with Crippen LogP contribution in [0.4, 0.5) is 0 Å². The largest absolute Gasteiger partial charge is 0.481 e. The van der Waals surface area contributed by atoms with Crippen LogP contribution in [0.25, 0.3) is 0 Å². The third-order valence-electron chi connectivity index (χ3n) is 3.10. The van der Waals surface area contributed by atoms with E-state index >= 15 is 0 Å². The Morgan fingerprint density at radius 1 is 1.57 bits per heavy atom. The van der Waals surface area contributed by atoms with Gasteiger partial charge < -0.3 is 10.8 Å². The fourth-order valence-electron chi connectivity index (χ4n) is 2.22. The first-order valence-electron chi connectivity index (χ1n) is 5.55. The van der Waals surface area contributed by atoms with Crippen molar-refractivity contribution in [3.8, 4) is 0 Å². The van der Waals surface area contributed by atoms with Crippen LogP contribution in [0.2, 0.25) is 0 Å². The molecule has 0 bridgehead atoms. The van der Waals surface area contributed by atoms with Gasteiger partial charge in [0.15, 0.2) is 0 Å². The number of nitrogens with two attached hydrogens (primary N) is 1. The fraction of sp³-hybridized carbons (Fsp3) is 0.909. The first-order valence-corrected chi connectivity index (χ1v) is 5.55. The molecule has 1 fully saturated rings. The van der Waals surface area contributed by atoms with Gasteiger partial charge in [-0.2, -0.15) is 0 Å². The number of rotatable bonds is 6. The second kappa shape index (κ2) is 5.35. The zero-order valence-electron chi connectivity index (χ0n) is 8.91. The van der Waals surface area contributed by atoms with Crippen LogP contribution in [0.15, 0.2) is 0 Å². The zero-order valence-corrected chi connectivity index (χ0v) is 8.91. The maximum Gasteiger partial charge on any atom is 0.304 e. The van der Waals surface area contributed by atoms with Crippen LogP contribution in [0, 0.1) is 11.8 Å². The van der Waals surface area contributed by atoms with Gasteiger partial charge in [-0.15, -0.1) is 0 Å². The van der Waals surface area contributed by atoms with E-state index in [1.807, 2.05) is 0 Å². The minimum absolute atomic E-state index is 0.106. The smallest absolute Gasteiger partial charge is 0.304 e. The number of hydrogen-bond acceptors (Lipinski definition) is 2. The lowest BCUT2D eigenvalue weighted by atomic mass is 9.78. The lowest BCUT2D eigenvalue weighted by Crippen LogP contribution is -2.27. The molecule has 1 saturated carbocycles. The van der Waals surface area contributed by atoms with E-state index in [1.165, 1.54) is 25.7 Å². The fourth-order valence-corrected chi connectivity index (χ4v) is 2.22. The Morgan fingerprint density at radius 2 is 2.21 bits per heavy atom. The van der Waals surface area contributed by atoms with Gasteiger partial charge in [0, 0.05) is 6.04 Å². The van der Waals surface area contributed by atoms with E-state index < -0.39 is 5.97 Å². The van der Waals surface area contributed by atoms with Crippen molar-refractivity contribution < 1.29 is 9.90 Å². The molecule has 0 heterocycles. The van der Waals surface area contributed by atoms with E-state index in [2.05, 4.69) is 6.92 Å². The van der Waals surface area contributed by atoms with Crippen LogP contribution in [-0.4, -0.2) is 17.1 Å². The number of aliphatic carboxylic acids is 1. The van der Waals surface area contributed by atoms with Gasteiger partial charge in [-0.05, 0) is 24.7 Å². The maximum absolute atomic E-state index is 10.4. The first-order chi connectivity index (χ1) is 6.58. The SMILES string of the molecule is C[C@@H](CC1CCC1)C[C@H](N)CC(=O)O. The van der Waals surface area contributed by atoms with Crippen molar-refractivity contribution in [3.63, 3.8) is 0 Å². The second-order valence-corrected chi connectivity index (χ2v) is 4.73. The molecule has 0 aliphatic heterocycles. The molecule has 2 atom stereocenters. The van der Waals surface area contributed by atoms with Crippen molar-refractivity contribution in [1.82, 2.24) is 0 Å². The molecule has 0 saturated heterocycles. The normalized spacial score (nSPS) is 21.3. The van der Waals surface area contributed by atoms with Gasteiger partial charge in [0.25, 0.3) is 0 Å². The van der Waals surface area contributed by atoms with E-state index in [0.29, 0.717) is 5.92 Å². The van der Waals surface area contributed by atoms with Gasteiger partial charge in [0.05, 0.1) is 6.42 Å². The highest BCUT2D eigenvalue weighted by molar-refractivity contribution is 5.67. The Balaban J connectivity index is 2.11. The van der Waals surface area contributed by atoms with Crippen LogP contribution in [-0.2, 0) is 4.79 Å². The average molecular weight is 199 g/mol. The minimum Gasteiger partial charge on any atom is -0.481 e. The summed E-state index contributed by atoms with van der Waals surface area (Å²) in [6.45, 7) is 2.18. The molecule has 0 aromatic heterocycles. The topological polar surface area (TPSA) is 63.3 Å². The number of carbonyl (C=O) groups is 1. The van der Waals surface area contributed by atoms with Crippen LogP contribution in [0.5, 0.6) is 0 Å². The van der Waals surface area contributed by atoms with Crippen molar-refractivity contribution in [2.24, 2.45) is 17.6 Å². The zero-order chi connectivity index (χ0) is 10.6. The molecule has 14 heavy (non-hydrogen) atoms. The predicted molar refractivity (Wildman–Crippen MR) is 56.0 cm³/mol. The summed E-state index contributed by atoms with van der Waals surface area (Å²) in [5.41, 5.74) is 5.73. The van der Waals surface area contributed by atoms with Gasteiger partial charge in [0.2, 0.25) is 0 Å². The summed E-state index contributed by atoms with van der Waals surface area (Å²) < 4.78 is 0. The molecule has 1 aliphatic rings. The van der Waals surface area contributed by atoms with E-state index in [-0.39, 0.29) is 12.5 Å². The second-order valence-electron chi connectivity index (χ2n) is 4.73. The lowest BCUT2D eigenvalue weighted by Gasteiger charge is -2.28. The summed E-state index contributed by atoms with van der Waals surface area (Å²) in [6.07, 6.45) is 6.28. The van der Waals surface area contributed by atoms with Gasteiger partial charge in [-0.1, -0.05) is 26.2 Å². The Bertz CT molecular complexity index is 190. The quantitative estimate of drug-likeness (QED) is 0.687. The molecule has 3 N–H and O–H groups in total. The Labute approximate surface area is 85.7 Å². The lowest BCUT2D eigenvalue weighted by molar-refractivity contribution is -0.137. The standard InChI is InChI=1S/C11H21NO2/c1-8(5-9-3-2-4-9)6-10(12)7-11(13)14/h8-10H,2-7,12H2,1H3,(H,13,14)/t8-,10-/m0/s1. The molecule has 0 amide bonds. The van der Waals surface area contributed by atoms with Gasteiger partial charge in [0.1, 0.15) is 0 Å². The summed E-state index contributed by atoms with van der Waals surface area (Å²) in [7, 11) is 0. The summed E-state index contributed by atoms with van der Waals surface area (Å²) in [6, 6.07) is -0.164. The first kappa shape index (κ1) is 11.5. The molecule has 3 heteroatoms. The highest BCUT2D eigenvalue weighted by Crippen LogP contribution is 2.33. The Morgan fingerprint density at radius 3 is 2.64 bits per heavy atom. The predicted octanol–water partition coefficient (Wildman–Crippen LogP) is 2.00. The Hall–Kier alpha value is -0.570. The maximum atomic E-state index is 10.4. The van der Waals surface area contributed by atoms with Crippen LogP contribution in [0.3, 0.4) is 0 Å². The van der Waals surface area contributed by atoms with Crippen LogP contribution in [0.1, 0.15) is 45.4 Å². The van der Waals surface area contributed by atoms with Crippen molar-refractivity contribution in [3.05, 3.63) is 0 Å². The molecular formula is C11H21NO2. The van der Waals surface area contributed by atoms with Crippen LogP contribution >= 0.6 is 0 Å². The molecule has 0 radical (unpaired) electrons. The number of carboxylic acids is 1. The van der Waals surface area contributed by atoms with Crippen LogP contribution < -0.4 is 5.73 Å². The molecule has 0 aromatic carbocycles. The molecule has 0 unspecified atom stereocenters. The van der Waals surface area contributed by atoms with Crippen molar-refractivity contribution in [1.29, 1.82) is 0 Å². The summed E-state index contributed by atoms with van der Waals surface area (Å²) in [5.74, 6) is 0.685. The molecule has 1 rings (SSSR count). The van der Waals surface area contributed by atoms with Crippen molar-refractivity contribution >= 4 is 5.97 Å². The summed E-state index contributed by atoms with van der Waals surface area (Å²) in [4.78, 5) is 10.4. The number of hydrogen-bond donors (Lipinski definition) is 2. The average Bonchev–Trinajstić information content (AvgIpc) is 1.94. The molecule has 3 nitrogen and oxygen atoms in total. The molecule has 0 aromatic rings. The molecule has 82 valence electrons. The van der Waals surface area contributed by atoms with E-state index in [0.717, 1.165) is 12.3 Å². The van der Waals surface area contributed by atoms with E-state index in [1.54, 1.807) is 0 Å². The third-order valence-corrected chi connectivity index (χ3v) is 3.10. The van der Waals surface area contributed by atoms with Crippen molar-refractivity contribution in [2.75, 3.05) is 0 Å². The highest BCUT2D eigenvalue weighted by Gasteiger charge is 2.21. The Kier molecular flexibility index (Phi) is 4.39. The highest BCUT2D eigenvalue weighted by atomic mass is 16.4. The molecule has 1 aliphatic carbocycles. The molecular weight excluding hydrogens is 178 g/mol. The molecule has 0 spiro atoms. The summed E-state index contributed by atoms with van der Waals surface area (Å²) >= 11 is 0.